The molecule has 0 spiro atoms. The van der Waals surface area contributed by atoms with Gasteiger partial charge in [0, 0.05) is 5.69 Å². The number of nitrogens with one attached hydrogen (secondary N) is 1. The lowest BCUT2D eigenvalue weighted by Crippen LogP contribution is -2.18. The van der Waals surface area contributed by atoms with Crippen LogP contribution in [0.4, 0.5) is 10.1 Å². The maximum atomic E-state index is 13.5. The van der Waals surface area contributed by atoms with Crippen LogP contribution in [0.1, 0.15) is 15.9 Å². The Balaban J connectivity index is 2.07. The zero-order chi connectivity index (χ0) is 16.9. The third kappa shape index (κ3) is 4.79. The van der Waals surface area contributed by atoms with Crippen molar-refractivity contribution in [3.63, 3.8) is 0 Å². The second-order valence-corrected chi connectivity index (χ2v) is 6.68. The predicted octanol–water partition coefficient (Wildman–Crippen LogP) is 2.60. The van der Waals surface area contributed by atoms with E-state index in [1.54, 1.807) is 24.3 Å². The van der Waals surface area contributed by atoms with Crippen molar-refractivity contribution >= 4 is 21.7 Å². The molecule has 2 aromatic rings. The fraction of sp³-hybridized carbons (Fsp3) is 0.188. The first kappa shape index (κ1) is 17.0. The second kappa shape index (κ2) is 7.23. The highest BCUT2D eigenvalue weighted by Gasteiger charge is 2.14. The van der Waals surface area contributed by atoms with Crippen LogP contribution in [-0.4, -0.2) is 27.2 Å². The maximum absolute atomic E-state index is 13.5. The number of hydrogen-bond donors (Lipinski definition) is 1. The molecule has 0 aliphatic heterocycles. The Bertz CT molecular complexity index is 805. The van der Waals surface area contributed by atoms with E-state index in [1.165, 1.54) is 31.4 Å². The van der Waals surface area contributed by atoms with Crippen LogP contribution in [0.2, 0.25) is 0 Å². The number of sulfonamides is 1. The number of aryl methyl sites for hydroxylation is 1. The number of carbonyl (C=O) groups excluding carboxylic acids is 1. The Labute approximate surface area is 134 Å². The number of halogens is 1. The van der Waals surface area contributed by atoms with Crippen LogP contribution in [0.25, 0.3) is 0 Å². The molecule has 0 bridgehead atoms. The molecule has 7 heteroatoms. The summed E-state index contributed by atoms with van der Waals surface area (Å²) in [5.74, 6) is -1.26. The summed E-state index contributed by atoms with van der Waals surface area (Å²) in [4.78, 5) is 11.4. The fourth-order valence-corrected chi connectivity index (χ4v) is 3.08. The van der Waals surface area contributed by atoms with Crippen LogP contribution in [0.5, 0.6) is 0 Å². The van der Waals surface area contributed by atoms with Crippen molar-refractivity contribution in [1.82, 2.24) is 0 Å². The lowest BCUT2D eigenvalue weighted by atomic mass is 10.2. The third-order valence-corrected chi connectivity index (χ3v) is 4.44. The van der Waals surface area contributed by atoms with Crippen molar-refractivity contribution in [2.75, 3.05) is 17.6 Å². The standard InChI is InChI=1S/C16H16FNO4S/c1-22-16(19)13-6-4-7-14(11-13)18-23(20,21)10-9-12-5-2-3-8-15(12)17/h2-8,11,18H,9-10H2,1H3. The molecule has 0 saturated carbocycles. The van der Waals surface area contributed by atoms with Crippen LogP contribution in [0.15, 0.2) is 48.5 Å². The van der Waals surface area contributed by atoms with E-state index in [4.69, 9.17) is 0 Å². The second-order valence-electron chi connectivity index (χ2n) is 4.83. The molecule has 0 unspecified atom stereocenters. The van der Waals surface area contributed by atoms with Gasteiger partial charge in [-0.15, -0.1) is 0 Å². The van der Waals surface area contributed by atoms with Crippen molar-refractivity contribution in [3.8, 4) is 0 Å². The minimum atomic E-state index is -3.67. The van der Waals surface area contributed by atoms with Gasteiger partial charge in [-0.2, -0.15) is 0 Å². The Morgan fingerprint density at radius 2 is 1.91 bits per heavy atom. The summed E-state index contributed by atoms with van der Waals surface area (Å²) in [5, 5.41) is 0. The van der Waals surface area contributed by atoms with E-state index in [1.807, 2.05) is 0 Å². The number of carbonyl (C=O) groups is 1. The first-order valence-electron chi connectivity index (χ1n) is 6.83. The summed E-state index contributed by atoms with van der Waals surface area (Å²) in [7, 11) is -2.42. The number of rotatable bonds is 6. The first-order valence-corrected chi connectivity index (χ1v) is 8.49. The van der Waals surface area contributed by atoms with Gasteiger partial charge in [-0.05, 0) is 36.2 Å². The van der Waals surface area contributed by atoms with Crippen molar-refractivity contribution in [2.45, 2.75) is 6.42 Å². The van der Waals surface area contributed by atoms with E-state index in [2.05, 4.69) is 9.46 Å². The zero-order valence-corrected chi connectivity index (χ0v) is 13.3. The van der Waals surface area contributed by atoms with Gasteiger partial charge in [0.2, 0.25) is 10.0 Å². The van der Waals surface area contributed by atoms with Crippen molar-refractivity contribution in [1.29, 1.82) is 0 Å². The molecule has 0 heterocycles. The molecule has 0 atom stereocenters. The quantitative estimate of drug-likeness (QED) is 0.823. The van der Waals surface area contributed by atoms with Gasteiger partial charge in [-0.3, -0.25) is 4.72 Å². The summed E-state index contributed by atoms with van der Waals surface area (Å²) in [5.41, 5.74) is 0.824. The molecule has 0 saturated heterocycles. The van der Waals surface area contributed by atoms with E-state index in [0.29, 0.717) is 5.56 Å². The van der Waals surface area contributed by atoms with Crippen molar-refractivity contribution < 1.29 is 22.3 Å². The van der Waals surface area contributed by atoms with E-state index in [9.17, 15) is 17.6 Å². The van der Waals surface area contributed by atoms with Gasteiger partial charge in [0.25, 0.3) is 0 Å². The first-order chi connectivity index (χ1) is 10.9. The molecule has 2 rings (SSSR count). The highest BCUT2D eigenvalue weighted by atomic mass is 32.2. The molecule has 0 aromatic heterocycles. The largest absolute Gasteiger partial charge is 0.465 e. The number of anilines is 1. The molecule has 5 nitrogen and oxygen atoms in total. The van der Waals surface area contributed by atoms with Crippen LogP contribution < -0.4 is 4.72 Å². The van der Waals surface area contributed by atoms with Gasteiger partial charge in [0.05, 0.1) is 18.4 Å². The van der Waals surface area contributed by atoms with Gasteiger partial charge in [0.15, 0.2) is 0 Å². The molecule has 0 amide bonds. The Hall–Kier alpha value is -2.41. The minimum Gasteiger partial charge on any atom is -0.465 e. The Morgan fingerprint density at radius 3 is 2.61 bits per heavy atom. The summed E-state index contributed by atoms with van der Waals surface area (Å²) in [6, 6.07) is 12.0. The topological polar surface area (TPSA) is 72.5 Å². The summed E-state index contributed by atoms with van der Waals surface area (Å²) < 4.78 is 44.6. The molecular formula is C16H16FNO4S. The SMILES string of the molecule is COC(=O)c1cccc(NS(=O)(=O)CCc2ccccc2F)c1. The predicted molar refractivity (Wildman–Crippen MR) is 85.3 cm³/mol. The molecule has 0 radical (unpaired) electrons. The average Bonchev–Trinajstić information content (AvgIpc) is 2.53. The molecule has 23 heavy (non-hydrogen) atoms. The Kier molecular flexibility index (Phi) is 5.33. The van der Waals surface area contributed by atoms with Crippen LogP contribution in [-0.2, 0) is 21.2 Å². The van der Waals surface area contributed by atoms with E-state index >= 15 is 0 Å². The maximum Gasteiger partial charge on any atom is 0.337 e. The Morgan fingerprint density at radius 1 is 1.17 bits per heavy atom. The smallest absolute Gasteiger partial charge is 0.337 e. The molecular weight excluding hydrogens is 321 g/mol. The lowest BCUT2D eigenvalue weighted by molar-refractivity contribution is 0.0601. The van der Waals surface area contributed by atoms with E-state index in [-0.39, 0.29) is 23.4 Å². The van der Waals surface area contributed by atoms with Gasteiger partial charge < -0.3 is 4.74 Å². The third-order valence-electron chi connectivity index (χ3n) is 3.15. The lowest BCUT2D eigenvalue weighted by Gasteiger charge is -2.09. The van der Waals surface area contributed by atoms with Gasteiger partial charge in [-0.1, -0.05) is 24.3 Å². The number of esters is 1. The monoisotopic (exact) mass is 337 g/mol. The number of ether oxygens (including phenoxy) is 1. The summed E-state index contributed by atoms with van der Waals surface area (Å²) in [6.07, 6.45) is 0.0543. The molecule has 0 fully saturated rings. The minimum absolute atomic E-state index is 0.0543. The van der Waals surface area contributed by atoms with Gasteiger partial charge in [0.1, 0.15) is 5.82 Å². The van der Waals surface area contributed by atoms with Gasteiger partial charge >= 0.3 is 5.97 Å². The molecule has 2 aromatic carbocycles. The highest BCUT2D eigenvalue weighted by molar-refractivity contribution is 7.92. The highest BCUT2D eigenvalue weighted by Crippen LogP contribution is 2.14. The molecule has 122 valence electrons. The fourth-order valence-electron chi connectivity index (χ4n) is 2.00. The van der Waals surface area contributed by atoms with E-state index in [0.717, 1.165) is 0 Å². The molecule has 1 N–H and O–H groups in total. The average molecular weight is 337 g/mol. The number of hydrogen-bond acceptors (Lipinski definition) is 4. The normalized spacial score (nSPS) is 11.0. The molecule has 0 aliphatic rings. The van der Waals surface area contributed by atoms with Crippen LogP contribution >= 0.6 is 0 Å². The van der Waals surface area contributed by atoms with Crippen LogP contribution in [0.3, 0.4) is 0 Å². The summed E-state index contributed by atoms with van der Waals surface area (Å²) >= 11 is 0. The number of benzene rings is 2. The van der Waals surface area contributed by atoms with Crippen molar-refractivity contribution in [3.05, 3.63) is 65.5 Å². The number of methoxy groups -OCH3 is 1. The summed E-state index contributed by atoms with van der Waals surface area (Å²) in [6.45, 7) is 0. The van der Waals surface area contributed by atoms with Crippen LogP contribution in [0, 0.1) is 5.82 Å². The van der Waals surface area contributed by atoms with Crippen molar-refractivity contribution in [2.24, 2.45) is 0 Å². The van der Waals surface area contributed by atoms with Gasteiger partial charge in [-0.25, -0.2) is 17.6 Å². The van der Waals surface area contributed by atoms with E-state index < -0.39 is 21.8 Å². The molecule has 0 aliphatic carbocycles. The zero-order valence-electron chi connectivity index (χ0n) is 12.5.